The van der Waals surface area contributed by atoms with Crippen LogP contribution >= 0.6 is 11.6 Å². The largest absolute Gasteiger partial charge is 0.304 e. The quantitative estimate of drug-likeness (QED) is 0.794. The van der Waals surface area contributed by atoms with Crippen molar-refractivity contribution >= 4 is 29.0 Å². The average Bonchev–Trinajstić information content (AvgIpc) is 2.47. The van der Waals surface area contributed by atoms with Crippen molar-refractivity contribution in [2.75, 3.05) is 4.90 Å². The topological polar surface area (TPSA) is 37.4 Å². The summed E-state index contributed by atoms with van der Waals surface area (Å²) in [5.74, 6) is -0.748. The molecule has 112 valence electrons. The van der Waals surface area contributed by atoms with Crippen molar-refractivity contribution in [3.8, 4) is 0 Å². The van der Waals surface area contributed by atoms with E-state index in [1.807, 2.05) is 6.92 Å². The number of carbonyl (C=O) groups excluding carboxylic acids is 2. The molecule has 1 aliphatic rings. The van der Waals surface area contributed by atoms with Crippen LogP contribution in [0.3, 0.4) is 0 Å². The molecule has 0 saturated heterocycles. The van der Waals surface area contributed by atoms with Crippen LogP contribution in [-0.2, 0) is 0 Å². The van der Waals surface area contributed by atoms with Gasteiger partial charge >= 0.3 is 0 Å². The van der Waals surface area contributed by atoms with E-state index in [9.17, 15) is 14.0 Å². The van der Waals surface area contributed by atoms with E-state index < -0.39 is 5.82 Å². The lowest BCUT2D eigenvalue weighted by molar-refractivity contribution is 0.0936. The summed E-state index contributed by atoms with van der Waals surface area (Å²) in [6, 6.07) is 10.1. The third-order valence-corrected chi connectivity index (χ3v) is 4.08. The molecule has 0 bridgehead atoms. The molecule has 1 heterocycles. The maximum Gasteiger partial charge on any atom is 0.258 e. The lowest BCUT2D eigenvalue weighted by atomic mass is 9.94. The normalized spacial score (nSPS) is 17.3. The van der Waals surface area contributed by atoms with Crippen LogP contribution in [0, 0.1) is 5.82 Å². The molecule has 1 aliphatic heterocycles. The Labute approximate surface area is 132 Å². The highest BCUT2D eigenvalue weighted by Gasteiger charge is 2.34. The number of ketones is 1. The fourth-order valence-electron chi connectivity index (χ4n) is 2.73. The summed E-state index contributed by atoms with van der Waals surface area (Å²) in [6.45, 7) is 1.81. The van der Waals surface area contributed by atoms with Gasteiger partial charge in [0.15, 0.2) is 5.78 Å². The zero-order chi connectivity index (χ0) is 15.9. The minimum Gasteiger partial charge on any atom is -0.304 e. The number of hydrogen-bond donors (Lipinski definition) is 0. The molecule has 1 unspecified atom stereocenters. The summed E-state index contributed by atoms with van der Waals surface area (Å²) in [4.78, 5) is 26.5. The molecule has 0 aliphatic carbocycles. The van der Waals surface area contributed by atoms with Gasteiger partial charge < -0.3 is 4.90 Å². The van der Waals surface area contributed by atoms with E-state index in [4.69, 9.17) is 11.6 Å². The van der Waals surface area contributed by atoms with Crippen molar-refractivity contribution < 1.29 is 14.0 Å². The summed E-state index contributed by atoms with van der Waals surface area (Å²) in [5.41, 5.74) is 1.25. The Morgan fingerprint density at radius 1 is 1.23 bits per heavy atom. The number of fused-ring (bicyclic) bond motifs is 1. The molecule has 0 saturated carbocycles. The van der Waals surface area contributed by atoms with Gasteiger partial charge in [-0.3, -0.25) is 9.59 Å². The molecule has 1 amide bonds. The molecular weight excluding hydrogens is 305 g/mol. The van der Waals surface area contributed by atoms with Gasteiger partial charge in [0.05, 0.1) is 16.3 Å². The molecule has 22 heavy (non-hydrogen) atoms. The van der Waals surface area contributed by atoms with E-state index in [2.05, 4.69) is 0 Å². The van der Waals surface area contributed by atoms with Crippen LogP contribution in [0.25, 0.3) is 0 Å². The summed E-state index contributed by atoms with van der Waals surface area (Å²) in [6.07, 6.45) is 0.212. The smallest absolute Gasteiger partial charge is 0.258 e. The van der Waals surface area contributed by atoms with Crippen molar-refractivity contribution in [3.05, 3.63) is 64.4 Å². The first-order chi connectivity index (χ1) is 10.5. The van der Waals surface area contributed by atoms with Crippen molar-refractivity contribution in [2.45, 2.75) is 19.4 Å². The predicted molar refractivity (Wildman–Crippen MR) is 83.1 cm³/mol. The molecular formula is C17H13ClFNO2. The van der Waals surface area contributed by atoms with Gasteiger partial charge in [-0.1, -0.05) is 17.7 Å². The highest BCUT2D eigenvalue weighted by molar-refractivity contribution is 6.35. The number of rotatable bonds is 1. The van der Waals surface area contributed by atoms with Crippen LogP contribution in [-0.4, -0.2) is 17.7 Å². The van der Waals surface area contributed by atoms with E-state index in [0.717, 1.165) is 0 Å². The van der Waals surface area contributed by atoms with Crippen molar-refractivity contribution in [1.82, 2.24) is 0 Å². The van der Waals surface area contributed by atoms with Gasteiger partial charge in [-0.15, -0.1) is 0 Å². The standard InChI is InChI=1S/C17H13ClFNO2/c1-10-9-15(21)16-13(18)3-2-4-14(16)20(10)17(22)11-5-7-12(19)8-6-11/h2-8,10H,9H2,1H3. The summed E-state index contributed by atoms with van der Waals surface area (Å²) in [5, 5.41) is 0.339. The van der Waals surface area contributed by atoms with Crippen LogP contribution in [0.5, 0.6) is 0 Å². The summed E-state index contributed by atoms with van der Waals surface area (Å²) < 4.78 is 13.0. The lowest BCUT2D eigenvalue weighted by Gasteiger charge is -2.34. The number of carbonyl (C=O) groups is 2. The van der Waals surface area contributed by atoms with E-state index >= 15 is 0 Å². The fourth-order valence-corrected chi connectivity index (χ4v) is 3.00. The first-order valence-corrected chi connectivity index (χ1v) is 7.27. The van der Waals surface area contributed by atoms with Gasteiger partial charge in [-0.25, -0.2) is 4.39 Å². The first-order valence-electron chi connectivity index (χ1n) is 6.90. The third-order valence-electron chi connectivity index (χ3n) is 3.76. The third kappa shape index (κ3) is 2.40. The molecule has 2 aromatic carbocycles. The van der Waals surface area contributed by atoms with Gasteiger partial charge in [0.25, 0.3) is 5.91 Å². The molecule has 3 rings (SSSR count). The number of benzene rings is 2. The van der Waals surface area contributed by atoms with Crippen molar-refractivity contribution in [1.29, 1.82) is 0 Å². The van der Waals surface area contributed by atoms with Crippen LogP contribution in [0.15, 0.2) is 42.5 Å². The predicted octanol–water partition coefficient (Wildman–Crippen LogP) is 4.10. The highest BCUT2D eigenvalue weighted by atomic mass is 35.5. The number of anilines is 1. The number of Topliss-reactive ketones (excluding diaryl/α,β-unsaturated/α-hetero) is 1. The van der Waals surface area contributed by atoms with Crippen LogP contribution < -0.4 is 4.90 Å². The van der Waals surface area contributed by atoms with Gasteiger partial charge in [-0.2, -0.15) is 0 Å². The Morgan fingerprint density at radius 3 is 2.59 bits per heavy atom. The Kier molecular flexibility index (Phi) is 3.71. The van der Waals surface area contributed by atoms with E-state index in [-0.39, 0.29) is 24.2 Å². The molecule has 1 atom stereocenters. The van der Waals surface area contributed by atoms with Crippen molar-refractivity contribution in [2.24, 2.45) is 0 Å². The van der Waals surface area contributed by atoms with Crippen molar-refractivity contribution in [3.63, 3.8) is 0 Å². The van der Waals surface area contributed by atoms with Crippen LogP contribution in [0.2, 0.25) is 5.02 Å². The van der Waals surface area contributed by atoms with Gasteiger partial charge in [0, 0.05) is 18.0 Å². The second-order valence-electron chi connectivity index (χ2n) is 5.29. The zero-order valence-corrected chi connectivity index (χ0v) is 12.6. The van der Waals surface area contributed by atoms with Gasteiger partial charge in [-0.05, 0) is 43.3 Å². The second kappa shape index (κ2) is 5.54. The molecule has 2 aromatic rings. The number of halogens is 2. The SMILES string of the molecule is CC1CC(=O)c2c(Cl)cccc2N1C(=O)c1ccc(F)cc1. The van der Waals surface area contributed by atoms with E-state index in [1.165, 1.54) is 24.3 Å². The molecule has 0 radical (unpaired) electrons. The minimum absolute atomic E-state index is 0.0729. The maximum atomic E-state index is 13.0. The fraction of sp³-hybridized carbons (Fsp3) is 0.176. The highest BCUT2D eigenvalue weighted by Crippen LogP contribution is 2.36. The molecule has 0 fully saturated rings. The first kappa shape index (κ1) is 14.7. The Balaban J connectivity index is 2.09. The Bertz CT molecular complexity index is 758. The Morgan fingerprint density at radius 2 is 1.91 bits per heavy atom. The number of amides is 1. The lowest BCUT2D eigenvalue weighted by Crippen LogP contribution is -2.44. The van der Waals surface area contributed by atoms with Gasteiger partial charge in [0.2, 0.25) is 0 Å². The van der Waals surface area contributed by atoms with E-state index in [0.29, 0.717) is 21.8 Å². The number of nitrogens with zero attached hydrogens (tertiary/aromatic N) is 1. The molecule has 3 nitrogen and oxygen atoms in total. The minimum atomic E-state index is -0.401. The van der Waals surface area contributed by atoms with Crippen LogP contribution in [0.4, 0.5) is 10.1 Å². The average molecular weight is 318 g/mol. The van der Waals surface area contributed by atoms with Gasteiger partial charge in [0.1, 0.15) is 5.82 Å². The van der Waals surface area contributed by atoms with Crippen LogP contribution in [0.1, 0.15) is 34.1 Å². The molecule has 0 N–H and O–H groups in total. The molecule has 0 aromatic heterocycles. The second-order valence-corrected chi connectivity index (χ2v) is 5.70. The molecule has 5 heteroatoms. The zero-order valence-electron chi connectivity index (χ0n) is 11.8. The van der Waals surface area contributed by atoms with E-state index in [1.54, 1.807) is 23.1 Å². The monoisotopic (exact) mass is 317 g/mol. The Hall–Kier alpha value is -2.20. The molecule has 0 spiro atoms. The maximum absolute atomic E-state index is 13.0. The number of hydrogen-bond acceptors (Lipinski definition) is 2. The summed E-state index contributed by atoms with van der Waals surface area (Å²) >= 11 is 6.11. The summed E-state index contributed by atoms with van der Waals surface area (Å²) in [7, 11) is 0.